The van der Waals surface area contributed by atoms with Crippen LogP contribution in [0.25, 0.3) is 0 Å². The summed E-state index contributed by atoms with van der Waals surface area (Å²) in [6.07, 6.45) is 2.53. The minimum Gasteiger partial charge on any atom is -0.484 e. The summed E-state index contributed by atoms with van der Waals surface area (Å²) in [6, 6.07) is 8.49. The monoisotopic (exact) mass is 336 g/mol. The third kappa shape index (κ3) is 5.87. The van der Waals surface area contributed by atoms with E-state index < -0.39 is 0 Å². The maximum atomic E-state index is 11.8. The van der Waals surface area contributed by atoms with Crippen LogP contribution in [0.15, 0.2) is 41.0 Å². The number of halogens is 1. The quantitative estimate of drug-likeness (QED) is 0.771. The summed E-state index contributed by atoms with van der Waals surface area (Å²) >= 11 is 6.17. The van der Waals surface area contributed by atoms with Crippen molar-refractivity contribution in [2.75, 3.05) is 11.9 Å². The minimum absolute atomic E-state index is 0.244. The second kappa shape index (κ2) is 8.48. The van der Waals surface area contributed by atoms with Crippen LogP contribution in [0.4, 0.5) is 10.5 Å². The van der Waals surface area contributed by atoms with E-state index in [1.54, 1.807) is 30.5 Å². The smallest absolute Gasteiger partial charge is 0.319 e. The molecular weight excluding hydrogens is 316 g/mol. The normalized spacial score (nSPS) is 10.6. The molecule has 124 valence electrons. The zero-order chi connectivity index (χ0) is 16.7. The molecule has 2 aromatic rings. The fourth-order valence-electron chi connectivity index (χ4n) is 1.89. The van der Waals surface area contributed by atoms with Gasteiger partial charge in [-0.15, -0.1) is 0 Å². The summed E-state index contributed by atoms with van der Waals surface area (Å²) in [4.78, 5) is 11.8. The molecule has 0 radical (unpaired) electrons. The number of carbonyl (C=O) groups is 1. The molecule has 0 spiro atoms. The van der Waals surface area contributed by atoms with Crippen molar-refractivity contribution in [2.45, 2.75) is 26.9 Å². The fraction of sp³-hybridized carbons (Fsp3) is 0.353. The summed E-state index contributed by atoms with van der Waals surface area (Å²) < 4.78 is 10.8. The number of hydrogen-bond acceptors (Lipinski definition) is 3. The van der Waals surface area contributed by atoms with E-state index in [0.29, 0.717) is 41.3 Å². The van der Waals surface area contributed by atoms with Crippen LogP contribution in [0.3, 0.4) is 0 Å². The van der Waals surface area contributed by atoms with E-state index in [0.717, 1.165) is 6.42 Å². The lowest BCUT2D eigenvalue weighted by Gasteiger charge is -2.11. The summed E-state index contributed by atoms with van der Waals surface area (Å²) in [5.41, 5.74) is 0.613. The number of furan rings is 1. The highest BCUT2D eigenvalue weighted by atomic mass is 35.5. The molecule has 1 aromatic carbocycles. The highest BCUT2D eigenvalue weighted by Crippen LogP contribution is 2.28. The molecular formula is C17H21ClN2O3. The second-order valence-corrected chi connectivity index (χ2v) is 5.98. The molecule has 0 saturated carbocycles. The molecule has 0 fully saturated rings. The van der Waals surface area contributed by atoms with Crippen LogP contribution in [0.2, 0.25) is 5.02 Å². The van der Waals surface area contributed by atoms with Crippen LogP contribution in [0.5, 0.6) is 5.75 Å². The van der Waals surface area contributed by atoms with Crippen LogP contribution >= 0.6 is 11.6 Å². The first-order chi connectivity index (χ1) is 11.0. The summed E-state index contributed by atoms with van der Waals surface area (Å²) in [6.45, 7) is 5.17. The Labute approximate surface area is 141 Å². The van der Waals surface area contributed by atoms with Crippen LogP contribution in [0, 0.1) is 5.92 Å². The molecule has 1 aromatic heterocycles. The van der Waals surface area contributed by atoms with Gasteiger partial charge in [0.2, 0.25) is 0 Å². The average molecular weight is 337 g/mol. The Hall–Kier alpha value is -2.14. The van der Waals surface area contributed by atoms with Gasteiger partial charge in [-0.25, -0.2) is 4.79 Å². The molecule has 0 aliphatic rings. The Morgan fingerprint density at radius 1 is 1.35 bits per heavy atom. The number of urea groups is 1. The van der Waals surface area contributed by atoms with E-state index in [1.807, 2.05) is 6.07 Å². The molecule has 23 heavy (non-hydrogen) atoms. The predicted octanol–water partition coefficient (Wildman–Crippen LogP) is 4.68. The number of benzene rings is 1. The Morgan fingerprint density at radius 2 is 2.17 bits per heavy atom. The Kier molecular flexibility index (Phi) is 6.35. The fourth-order valence-corrected chi connectivity index (χ4v) is 2.12. The van der Waals surface area contributed by atoms with Crippen molar-refractivity contribution in [3.05, 3.63) is 47.4 Å². The SMILES string of the molecule is CC(C)CCNC(=O)Nc1ccc(OCc2ccco2)c(Cl)c1. The van der Waals surface area contributed by atoms with Gasteiger partial charge in [0.1, 0.15) is 18.1 Å². The van der Waals surface area contributed by atoms with Crippen molar-refractivity contribution in [3.8, 4) is 5.75 Å². The van der Waals surface area contributed by atoms with Crippen molar-refractivity contribution >= 4 is 23.3 Å². The number of hydrogen-bond donors (Lipinski definition) is 2. The van der Waals surface area contributed by atoms with Crippen molar-refractivity contribution in [3.63, 3.8) is 0 Å². The highest BCUT2D eigenvalue weighted by molar-refractivity contribution is 6.32. The van der Waals surface area contributed by atoms with Gasteiger partial charge in [0.05, 0.1) is 11.3 Å². The van der Waals surface area contributed by atoms with Gasteiger partial charge in [-0.3, -0.25) is 0 Å². The molecule has 0 unspecified atom stereocenters. The Balaban J connectivity index is 1.84. The first-order valence-electron chi connectivity index (χ1n) is 7.54. The van der Waals surface area contributed by atoms with Gasteiger partial charge in [-0.2, -0.15) is 0 Å². The standard InChI is InChI=1S/C17H21ClN2O3/c1-12(2)7-8-19-17(21)20-13-5-6-16(15(18)10-13)23-11-14-4-3-9-22-14/h3-6,9-10,12H,7-8,11H2,1-2H3,(H2,19,20,21). The van der Waals surface area contributed by atoms with Crippen molar-refractivity contribution in [1.82, 2.24) is 5.32 Å². The van der Waals surface area contributed by atoms with E-state index in [-0.39, 0.29) is 6.03 Å². The number of nitrogens with one attached hydrogen (secondary N) is 2. The Morgan fingerprint density at radius 3 is 2.83 bits per heavy atom. The van der Waals surface area contributed by atoms with E-state index >= 15 is 0 Å². The molecule has 0 aliphatic heterocycles. The molecule has 6 heteroatoms. The maximum absolute atomic E-state index is 11.8. The van der Waals surface area contributed by atoms with Gasteiger partial charge in [-0.05, 0) is 42.7 Å². The third-order valence-electron chi connectivity index (χ3n) is 3.15. The summed E-state index contributed by atoms with van der Waals surface area (Å²) in [5.74, 6) is 1.80. The zero-order valence-electron chi connectivity index (χ0n) is 13.3. The second-order valence-electron chi connectivity index (χ2n) is 5.58. The first-order valence-corrected chi connectivity index (χ1v) is 7.92. The molecule has 0 atom stereocenters. The van der Waals surface area contributed by atoms with Crippen molar-refractivity contribution in [2.24, 2.45) is 5.92 Å². The van der Waals surface area contributed by atoms with Crippen molar-refractivity contribution in [1.29, 1.82) is 0 Å². The van der Waals surface area contributed by atoms with Crippen LogP contribution < -0.4 is 15.4 Å². The van der Waals surface area contributed by atoms with Gasteiger partial charge in [0.25, 0.3) is 0 Å². The number of anilines is 1. The van der Waals surface area contributed by atoms with E-state index in [1.165, 1.54) is 0 Å². The van der Waals surface area contributed by atoms with Crippen LogP contribution in [0.1, 0.15) is 26.0 Å². The third-order valence-corrected chi connectivity index (χ3v) is 3.44. The number of ether oxygens (including phenoxy) is 1. The van der Waals surface area contributed by atoms with Crippen molar-refractivity contribution < 1.29 is 13.9 Å². The number of carbonyl (C=O) groups excluding carboxylic acids is 1. The molecule has 2 rings (SSSR count). The Bertz CT molecular complexity index is 627. The lowest BCUT2D eigenvalue weighted by molar-refractivity contribution is 0.251. The lowest BCUT2D eigenvalue weighted by atomic mass is 10.1. The summed E-state index contributed by atoms with van der Waals surface area (Å²) in [7, 11) is 0. The van der Waals surface area contributed by atoms with Crippen LogP contribution in [-0.2, 0) is 6.61 Å². The molecule has 0 aliphatic carbocycles. The number of rotatable bonds is 7. The minimum atomic E-state index is -0.244. The van der Waals surface area contributed by atoms with Gasteiger partial charge >= 0.3 is 6.03 Å². The zero-order valence-corrected chi connectivity index (χ0v) is 14.0. The van der Waals surface area contributed by atoms with E-state index in [2.05, 4.69) is 24.5 Å². The van der Waals surface area contributed by atoms with Crippen LogP contribution in [-0.4, -0.2) is 12.6 Å². The van der Waals surface area contributed by atoms with Gasteiger partial charge in [0, 0.05) is 12.2 Å². The molecule has 2 N–H and O–H groups in total. The molecule has 1 heterocycles. The lowest BCUT2D eigenvalue weighted by Crippen LogP contribution is -2.30. The molecule has 5 nitrogen and oxygen atoms in total. The van der Waals surface area contributed by atoms with E-state index in [4.69, 9.17) is 20.8 Å². The highest BCUT2D eigenvalue weighted by Gasteiger charge is 2.07. The number of amides is 2. The first kappa shape index (κ1) is 17.2. The predicted molar refractivity (Wildman–Crippen MR) is 91.0 cm³/mol. The van der Waals surface area contributed by atoms with Gasteiger partial charge in [-0.1, -0.05) is 25.4 Å². The van der Waals surface area contributed by atoms with E-state index in [9.17, 15) is 4.79 Å². The summed E-state index contributed by atoms with van der Waals surface area (Å²) in [5, 5.41) is 5.98. The molecule has 0 saturated heterocycles. The average Bonchev–Trinajstić information content (AvgIpc) is 2.99. The topological polar surface area (TPSA) is 63.5 Å². The van der Waals surface area contributed by atoms with Gasteiger partial charge < -0.3 is 19.8 Å². The maximum Gasteiger partial charge on any atom is 0.319 e. The van der Waals surface area contributed by atoms with Gasteiger partial charge in [0.15, 0.2) is 0 Å². The largest absolute Gasteiger partial charge is 0.484 e. The molecule has 0 bridgehead atoms. The molecule has 2 amide bonds.